The fourth-order valence-corrected chi connectivity index (χ4v) is 3.01. The van der Waals surface area contributed by atoms with Gasteiger partial charge in [0.2, 0.25) is 5.91 Å². The van der Waals surface area contributed by atoms with Gasteiger partial charge in [-0.15, -0.1) is 0 Å². The highest BCUT2D eigenvalue weighted by atomic mass is 79.9. The Kier molecular flexibility index (Phi) is 4.90. The molecular formula is C19H19BrN2O2. The predicted molar refractivity (Wildman–Crippen MR) is 99.3 cm³/mol. The molecule has 0 aliphatic carbocycles. The van der Waals surface area contributed by atoms with Crippen LogP contribution in [0.4, 0.5) is 0 Å². The van der Waals surface area contributed by atoms with E-state index in [1.54, 1.807) is 7.11 Å². The van der Waals surface area contributed by atoms with Gasteiger partial charge < -0.3 is 15.0 Å². The Morgan fingerprint density at radius 2 is 1.96 bits per heavy atom. The molecular weight excluding hydrogens is 368 g/mol. The number of fused-ring (bicyclic) bond motifs is 1. The highest BCUT2D eigenvalue weighted by molar-refractivity contribution is 9.10. The standard InChI is InChI=1S/C19H19BrN2O2/c1-12-16(17-9-15(24-2)7-8-18(17)22-12)10-19(23)21-11-13-3-5-14(20)6-4-13/h3-9,22H,10-11H2,1-2H3,(H,21,23). The molecule has 0 saturated heterocycles. The van der Waals surface area contributed by atoms with Gasteiger partial charge in [-0.25, -0.2) is 0 Å². The number of nitrogens with one attached hydrogen (secondary N) is 2. The minimum Gasteiger partial charge on any atom is -0.497 e. The van der Waals surface area contributed by atoms with Crippen LogP contribution >= 0.6 is 15.9 Å². The number of halogens is 1. The summed E-state index contributed by atoms with van der Waals surface area (Å²) < 4.78 is 6.32. The van der Waals surface area contributed by atoms with E-state index in [0.29, 0.717) is 13.0 Å². The van der Waals surface area contributed by atoms with Crippen LogP contribution in [0.2, 0.25) is 0 Å². The molecule has 1 aromatic heterocycles. The molecule has 0 saturated carbocycles. The number of aromatic nitrogens is 1. The van der Waals surface area contributed by atoms with Crippen LogP contribution in [0.5, 0.6) is 5.75 Å². The van der Waals surface area contributed by atoms with Crippen molar-refractivity contribution in [2.75, 3.05) is 7.11 Å². The van der Waals surface area contributed by atoms with Gasteiger partial charge in [-0.1, -0.05) is 28.1 Å². The van der Waals surface area contributed by atoms with Crippen LogP contribution in [-0.2, 0) is 17.8 Å². The maximum absolute atomic E-state index is 12.3. The first kappa shape index (κ1) is 16.6. The fourth-order valence-electron chi connectivity index (χ4n) is 2.74. The Morgan fingerprint density at radius 3 is 2.67 bits per heavy atom. The van der Waals surface area contributed by atoms with E-state index < -0.39 is 0 Å². The first-order valence-corrected chi connectivity index (χ1v) is 8.52. The zero-order valence-corrected chi connectivity index (χ0v) is 15.2. The summed E-state index contributed by atoms with van der Waals surface area (Å²) in [4.78, 5) is 15.7. The number of hydrogen-bond acceptors (Lipinski definition) is 2. The van der Waals surface area contributed by atoms with Crippen LogP contribution in [0, 0.1) is 6.92 Å². The number of aromatic amines is 1. The molecule has 124 valence electrons. The molecule has 0 unspecified atom stereocenters. The summed E-state index contributed by atoms with van der Waals surface area (Å²) in [5.41, 5.74) is 4.11. The average molecular weight is 387 g/mol. The van der Waals surface area contributed by atoms with Gasteiger partial charge in [-0.3, -0.25) is 4.79 Å². The van der Waals surface area contributed by atoms with Crippen LogP contribution in [0.1, 0.15) is 16.8 Å². The Bertz CT molecular complexity index is 869. The number of benzene rings is 2. The highest BCUT2D eigenvalue weighted by Crippen LogP contribution is 2.26. The summed E-state index contributed by atoms with van der Waals surface area (Å²) in [6, 6.07) is 13.8. The predicted octanol–water partition coefficient (Wildman–Crippen LogP) is 4.11. The lowest BCUT2D eigenvalue weighted by molar-refractivity contribution is -0.120. The minimum atomic E-state index is 0.00439. The van der Waals surface area contributed by atoms with Crippen molar-refractivity contribution in [3.63, 3.8) is 0 Å². The molecule has 4 nitrogen and oxygen atoms in total. The number of H-pyrrole nitrogens is 1. The monoisotopic (exact) mass is 386 g/mol. The molecule has 0 aliphatic heterocycles. The number of hydrogen-bond donors (Lipinski definition) is 2. The minimum absolute atomic E-state index is 0.00439. The molecule has 0 atom stereocenters. The van der Waals surface area contributed by atoms with Gasteiger partial charge in [0.1, 0.15) is 5.75 Å². The largest absolute Gasteiger partial charge is 0.497 e. The van der Waals surface area contributed by atoms with Gasteiger partial charge >= 0.3 is 0 Å². The zero-order valence-electron chi connectivity index (χ0n) is 13.7. The van der Waals surface area contributed by atoms with Crippen molar-refractivity contribution in [3.05, 3.63) is 63.8 Å². The number of aryl methyl sites for hydroxylation is 1. The Hall–Kier alpha value is -2.27. The first-order valence-electron chi connectivity index (χ1n) is 7.73. The van der Waals surface area contributed by atoms with E-state index in [1.807, 2.05) is 49.4 Å². The smallest absolute Gasteiger partial charge is 0.224 e. The summed E-state index contributed by atoms with van der Waals surface area (Å²) in [7, 11) is 1.64. The van der Waals surface area contributed by atoms with E-state index in [4.69, 9.17) is 4.74 Å². The Labute approximate surface area is 149 Å². The number of methoxy groups -OCH3 is 1. The summed E-state index contributed by atoms with van der Waals surface area (Å²) in [6.07, 6.45) is 0.343. The van der Waals surface area contributed by atoms with Gasteiger partial charge in [0.25, 0.3) is 0 Å². The molecule has 0 aliphatic rings. The van der Waals surface area contributed by atoms with E-state index in [0.717, 1.165) is 37.9 Å². The van der Waals surface area contributed by atoms with Crippen molar-refractivity contribution >= 4 is 32.7 Å². The summed E-state index contributed by atoms with van der Waals surface area (Å²) in [5, 5.41) is 4.01. The van der Waals surface area contributed by atoms with Gasteiger partial charge in [0, 0.05) is 27.6 Å². The zero-order chi connectivity index (χ0) is 17.1. The Morgan fingerprint density at radius 1 is 1.21 bits per heavy atom. The molecule has 3 rings (SSSR count). The van der Waals surface area contributed by atoms with Crippen molar-refractivity contribution in [1.29, 1.82) is 0 Å². The van der Waals surface area contributed by atoms with Crippen LogP contribution in [0.3, 0.4) is 0 Å². The molecule has 1 amide bonds. The summed E-state index contributed by atoms with van der Waals surface area (Å²) in [5.74, 6) is 0.794. The maximum Gasteiger partial charge on any atom is 0.224 e. The van der Waals surface area contributed by atoms with E-state index in [1.165, 1.54) is 0 Å². The fraction of sp³-hybridized carbons (Fsp3) is 0.211. The normalized spacial score (nSPS) is 10.8. The lowest BCUT2D eigenvalue weighted by Crippen LogP contribution is -2.24. The topological polar surface area (TPSA) is 54.1 Å². The quantitative estimate of drug-likeness (QED) is 0.693. The van der Waals surface area contributed by atoms with E-state index in [2.05, 4.69) is 26.2 Å². The maximum atomic E-state index is 12.3. The molecule has 0 radical (unpaired) electrons. The molecule has 2 aromatic carbocycles. The second-order valence-electron chi connectivity index (χ2n) is 5.72. The van der Waals surface area contributed by atoms with Crippen molar-refractivity contribution in [1.82, 2.24) is 10.3 Å². The number of rotatable bonds is 5. The third-order valence-electron chi connectivity index (χ3n) is 4.07. The molecule has 0 spiro atoms. The number of carbonyl (C=O) groups excluding carboxylic acids is 1. The van der Waals surface area contributed by atoms with Crippen molar-refractivity contribution in [2.45, 2.75) is 19.9 Å². The summed E-state index contributed by atoms with van der Waals surface area (Å²) in [6.45, 7) is 2.51. The van der Waals surface area contributed by atoms with Crippen LogP contribution in [0.25, 0.3) is 10.9 Å². The molecule has 1 heterocycles. The molecule has 2 N–H and O–H groups in total. The van der Waals surface area contributed by atoms with Crippen LogP contribution < -0.4 is 10.1 Å². The number of ether oxygens (including phenoxy) is 1. The molecule has 5 heteroatoms. The van der Waals surface area contributed by atoms with Crippen LogP contribution in [-0.4, -0.2) is 18.0 Å². The molecule has 24 heavy (non-hydrogen) atoms. The van der Waals surface area contributed by atoms with Crippen molar-refractivity contribution in [3.8, 4) is 5.75 Å². The Balaban J connectivity index is 1.72. The lowest BCUT2D eigenvalue weighted by atomic mass is 10.1. The molecule has 3 aromatic rings. The molecule has 0 bridgehead atoms. The lowest BCUT2D eigenvalue weighted by Gasteiger charge is -2.07. The summed E-state index contributed by atoms with van der Waals surface area (Å²) >= 11 is 3.41. The SMILES string of the molecule is COc1ccc2[nH]c(C)c(CC(=O)NCc3ccc(Br)cc3)c2c1. The van der Waals surface area contributed by atoms with Gasteiger partial charge in [0.05, 0.1) is 13.5 Å². The second-order valence-corrected chi connectivity index (χ2v) is 6.64. The third kappa shape index (κ3) is 3.62. The van der Waals surface area contributed by atoms with E-state index in [9.17, 15) is 4.79 Å². The third-order valence-corrected chi connectivity index (χ3v) is 4.60. The number of amides is 1. The van der Waals surface area contributed by atoms with E-state index >= 15 is 0 Å². The van der Waals surface area contributed by atoms with Gasteiger partial charge in [0.15, 0.2) is 0 Å². The first-order chi connectivity index (χ1) is 11.6. The van der Waals surface area contributed by atoms with E-state index in [-0.39, 0.29) is 5.91 Å². The van der Waals surface area contributed by atoms with Gasteiger partial charge in [-0.05, 0) is 48.4 Å². The van der Waals surface area contributed by atoms with Crippen molar-refractivity contribution < 1.29 is 9.53 Å². The van der Waals surface area contributed by atoms with Crippen LogP contribution in [0.15, 0.2) is 46.9 Å². The highest BCUT2D eigenvalue weighted by Gasteiger charge is 2.13. The second kappa shape index (κ2) is 7.09. The average Bonchev–Trinajstić information content (AvgIpc) is 2.89. The van der Waals surface area contributed by atoms with Gasteiger partial charge in [-0.2, -0.15) is 0 Å². The number of carbonyl (C=O) groups is 1. The molecule has 0 fully saturated rings. The van der Waals surface area contributed by atoms with Crippen molar-refractivity contribution in [2.24, 2.45) is 0 Å².